The molecule has 0 atom stereocenters. The topological polar surface area (TPSA) is 111 Å². The van der Waals surface area contributed by atoms with E-state index in [1.807, 2.05) is 0 Å². The predicted octanol–water partition coefficient (Wildman–Crippen LogP) is 3.20. The summed E-state index contributed by atoms with van der Waals surface area (Å²) in [6, 6.07) is 9.37. The highest BCUT2D eigenvalue weighted by Crippen LogP contribution is 2.38. The Hall–Kier alpha value is -3.31. The molecule has 0 spiro atoms. The molecule has 2 aromatic rings. The van der Waals surface area contributed by atoms with Crippen LogP contribution in [-0.2, 0) is 16.2 Å². The number of nitro benzene ring substituents is 1. The van der Waals surface area contributed by atoms with Crippen molar-refractivity contribution in [3.8, 4) is 11.5 Å². The molecular weight excluding hydrogens is 490 g/mol. The molecule has 2 amide bonds. The standard InChI is InChI=1S/C20H16BrN3O6S/c1-23-19(26)14(18(25)22-20(23)31)7-12-8-15(21)17(16(9-12)29-2)30-10-11-4-3-5-13(6-11)24(27)28/h3-9H,10H2,1-2H3,(H,22,25,31)/b14-7+. The van der Waals surface area contributed by atoms with E-state index in [2.05, 4.69) is 21.2 Å². The molecular formula is C20H16BrN3O6S. The summed E-state index contributed by atoms with van der Waals surface area (Å²) in [6.07, 6.45) is 1.42. The van der Waals surface area contributed by atoms with Gasteiger partial charge in [-0.25, -0.2) is 0 Å². The molecule has 0 aliphatic carbocycles. The quantitative estimate of drug-likeness (QED) is 0.211. The number of carbonyl (C=O) groups is 2. The van der Waals surface area contributed by atoms with Crippen molar-refractivity contribution in [1.29, 1.82) is 0 Å². The average Bonchev–Trinajstić information content (AvgIpc) is 2.74. The molecule has 1 aliphatic rings. The summed E-state index contributed by atoms with van der Waals surface area (Å²) in [7, 11) is 2.92. The lowest BCUT2D eigenvalue weighted by Crippen LogP contribution is -2.52. The lowest BCUT2D eigenvalue weighted by molar-refractivity contribution is -0.384. The van der Waals surface area contributed by atoms with E-state index < -0.39 is 16.7 Å². The summed E-state index contributed by atoms with van der Waals surface area (Å²) in [5, 5.41) is 13.4. The van der Waals surface area contributed by atoms with Crippen LogP contribution in [0.1, 0.15) is 11.1 Å². The molecule has 3 rings (SSSR count). The third-order valence-electron chi connectivity index (χ3n) is 4.37. The molecule has 0 radical (unpaired) electrons. The molecule has 0 aromatic heterocycles. The number of rotatable bonds is 6. The molecule has 1 N–H and O–H groups in total. The van der Waals surface area contributed by atoms with Crippen molar-refractivity contribution >= 4 is 56.8 Å². The second-order valence-corrected chi connectivity index (χ2v) is 7.67. The van der Waals surface area contributed by atoms with Gasteiger partial charge in [-0.1, -0.05) is 12.1 Å². The van der Waals surface area contributed by atoms with Gasteiger partial charge in [0.15, 0.2) is 16.6 Å². The van der Waals surface area contributed by atoms with E-state index in [0.717, 1.165) is 0 Å². The molecule has 11 heteroatoms. The number of carbonyl (C=O) groups excluding carboxylic acids is 2. The Labute approximate surface area is 190 Å². The SMILES string of the molecule is COc1cc(/C=C2\C(=O)NC(=S)N(C)C2=O)cc(Br)c1OCc1cccc([N+](=O)[O-])c1. The van der Waals surface area contributed by atoms with Crippen LogP contribution in [0.4, 0.5) is 5.69 Å². The van der Waals surface area contributed by atoms with Gasteiger partial charge in [-0.05, 0) is 57.5 Å². The van der Waals surface area contributed by atoms with E-state index in [0.29, 0.717) is 27.1 Å². The van der Waals surface area contributed by atoms with Gasteiger partial charge in [0.25, 0.3) is 17.5 Å². The van der Waals surface area contributed by atoms with Gasteiger partial charge in [-0.3, -0.25) is 29.9 Å². The van der Waals surface area contributed by atoms with Crippen LogP contribution in [0.25, 0.3) is 6.08 Å². The maximum Gasteiger partial charge on any atom is 0.269 e. The van der Waals surface area contributed by atoms with Gasteiger partial charge >= 0.3 is 0 Å². The number of non-ortho nitro benzene ring substituents is 1. The number of nitro groups is 1. The first-order chi connectivity index (χ1) is 14.7. The van der Waals surface area contributed by atoms with E-state index in [-0.39, 0.29) is 23.0 Å². The number of benzene rings is 2. The Kier molecular flexibility index (Phi) is 6.66. The lowest BCUT2D eigenvalue weighted by Gasteiger charge is -2.25. The highest BCUT2D eigenvalue weighted by Gasteiger charge is 2.30. The van der Waals surface area contributed by atoms with Crippen LogP contribution in [0.2, 0.25) is 0 Å². The molecule has 0 bridgehead atoms. The number of hydrogen-bond acceptors (Lipinski definition) is 7. The molecule has 9 nitrogen and oxygen atoms in total. The van der Waals surface area contributed by atoms with Crippen LogP contribution in [0.5, 0.6) is 11.5 Å². The van der Waals surface area contributed by atoms with Crippen molar-refractivity contribution < 1.29 is 24.0 Å². The van der Waals surface area contributed by atoms with Crippen LogP contribution < -0.4 is 14.8 Å². The summed E-state index contributed by atoms with van der Waals surface area (Å²) in [5.74, 6) is -0.392. The lowest BCUT2D eigenvalue weighted by atomic mass is 10.1. The summed E-state index contributed by atoms with van der Waals surface area (Å²) in [4.78, 5) is 36.2. The van der Waals surface area contributed by atoms with Gasteiger partial charge in [-0.2, -0.15) is 0 Å². The fourth-order valence-electron chi connectivity index (χ4n) is 2.79. The predicted molar refractivity (Wildman–Crippen MR) is 120 cm³/mol. The molecule has 2 aromatic carbocycles. The molecule has 1 heterocycles. The van der Waals surface area contributed by atoms with Crippen molar-refractivity contribution in [2.24, 2.45) is 0 Å². The number of amides is 2. The molecule has 1 aliphatic heterocycles. The second kappa shape index (κ2) is 9.23. The zero-order valence-corrected chi connectivity index (χ0v) is 18.8. The Morgan fingerprint density at radius 1 is 1.29 bits per heavy atom. The normalized spacial score (nSPS) is 15.1. The van der Waals surface area contributed by atoms with Crippen LogP contribution in [-0.4, -0.2) is 40.9 Å². The minimum atomic E-state index is -0.589. The van der Waals surface area contributed by atoms with E-state index in [9.17, 15) is 19.7 Å². The second-order valence-electron chi connectivity index (χ2n) is 6.43. The molecule has 31 heavy (non-hydrogen) atoms. The van der Waals surface area contributed by atoms with Crippen LogP contribution in [0, 0.1) is 10.1 Å². The van der Waals surface area contributed by atoms with Crippen molar-refractivity contribution in [3.63, 3.8) is 0 Å². The molecule has 1 saturated heterocycles. The van der Waals surface area contributed by atoms with Gasteiger partial charge in [0.1, 0.15) is 12.2 Å². The number of methoxy groups -OCH3 is 1. The zero-order chi connectivity index (χ0) is 22.7. The minimum absolute atomic E-state index is 0.0334. The van der Waals surface area contributed by atoms with Crippen molar-refractivity contribution in [2.75, 3.05) is 14.2 Å². The smallest absolute Gasteiger partial charge is 0.269 e. The maximum absolute atomic E-state index is 12.4. The Balaban J connectivity index is 1.88. The first-order valence-electron chi connectivity index (χ1n) is 8.80. The largest absolute Gasteiger partial charge is 0.493 e. The third-order valence-corrected chi connectivity index (χ3v) is 5.34. The fourth-order valence-corrected chi connectivity index (χ4v) is 3.54. The number of nitrogens with one attached hydrogen (secondary N) is 1. The summed E-state index contributed by atoms with van der Waals surface area (Å²) in [5.41, 5.74) is 1.02. The molecule has 160 valence electrons. The Morgan fingerprint density at radius 3 is 2.71 bits per heavy atom. The number of ether oxygens (including phenoxy) is 2. The summed E-state index contributed by atoms with van der Waals surface area (Å²) in [6.45, 7) is 0.0697. The first kappa shape index (κ1) is 22.4. The number of thiocarbonyl (C=S) groups is 1. The molecule has 0 saturated carbocycles. The number of likely N-dealkylation sites (N-methyl/N-ethyl adjacent to an activating group) is 1. The van der Waals surface area contributed by atoms with Crippen molar-refractivity contribution in [1.82, 2.24) is 10.2 Å². The van der Waals surface area contributed by atoms with Crippen LogP contribution in [0.15, 0.2) is 46.4 Å². The van der Waals surface area contributed by atoms with E-state index in [4.69, 9.17) is 21.7 Å². The highest BCUT2D eigenvalue weighted by molar-refractivity contribution is 9.10. The summed E-state index contributed by atoms with van der Waals surface area (Å²) >= 11 is 8.34. The van der Waals surface area contributed by atoms with Crippen LogP contribution in [0.3, 0.4) is 0 Å². The number of nitrogens with zero attached hydrogens (tertiary/aromatic N) is 2. The molecule has 1 fully saturated rings. The van der Waals surface area contributed by atoms with Gasteiger partial charge in [0, 0.05) is 19.2 Å². The Morgan fingerprint density at radius 2 is 2.03 bits per heavy atom. The van der Waals surface area contributed by atoms with E-state index >= 15 is 0 Å². The molecule has 0 unspecified atom stereocenters. The van der Waals surface area contributed by atoms with Crippen molar-refractivity contribution in [2.45, 2.75) is 6.61 Å². The van der Waals surface area contributed by atoms with E-state index in [1.54, 1.807) is 24.3 Å². The third kappa shape index (κ3) is 4.89. The first-order valence-corrected chi connectivity index (χ1v) is 10.00. The fraction of sp³-hybridized carbons (Fsp3) is 0.150. The summed E-state index contributed by atoms with van der Waals surface area (Å²) < 4.78 is 11.7. The Bertz CT molecular complexity index is 1130. The van der Waals surface area contributed by atoms with Gasteiger partial charge in [-0.15, -0.1) is 0 Å². The zero-order valence-electron chi connectivity index (χ0n) is 16.4. The van der Waals surface area contributed by atoms with Gasteiger partial charge < -0.3 is 9.47 Å². The highest BCUT2D eigenvalue weighted by atomic mass is 79.9. The monoisotopic (exact) mass is 505 g/mol. The minimum Gasteiger partial charge on any atom is -0.493 e. The van der Waals surface area contributed by atoms with Crippen molar-refractivity contribution in [3.05, 3.63) is 67.7 Å². The maximum atomic E-state index is 12.4. The number of halogens is 1. The van der Waals surface area contributed by atoms with Gasteiger partial charge in [0.05, 0.1) is 16.5 Å². The van der Waals surface area contributed by atoms with Crippen LogP contribution >= 0.6 is 28.1 Å². The average molecular weight is 506 g/mol. The van der Waals surface area contributed by atoms with E-state index in [1.165, 1.54) is 37.3 Å². The van der Waals surface area contributed by atoms with Gasteiger partial charge in [0.2, 0.25) is 0 Å². The number of hydrogen-bond donors (Lipinski definition) is 1.